The van der Waals surface area contributed by atoms with E-state index in [4.69, 9.17) is 27.9 Å². The summed E-state index contributed by atoms with van der Waals surface area (Å²) in [5, 5.41) is 1.46. The molecule has 0 radical (unpaired) electrons. The molecule has 1 N–H and O–H groups in total. The predicted octanol–water partition coefficient (Wildman–Crippen LogP) is 5.43. The van der Waals surface area contributed by atoms with E-state index in [1.807, 2.05) is 0 Å². The van der Waals surface area contributed by atoms with Crippen molar-refractivity contribution in [2.45, 2.75) is 11.8 Å². The zero-order valence-corrected chi connectivity index (χ0v) is 19.0. The summed E-state index contributed by atoms with van der Waals surface area (Å²) in [6, 6.07) is 11.3. The molecule has 160 valence electrons. The standard InChI is InChI=1S/C22H18Cl2N2O4S/c1-3-31(28,29)14-5-7-19(30-20-6-4-13(23)10-18(20)24)16(11-14)17-12-26(2)21-15(17)8-9-25-22(21)27/h4-12H,3H2,1-2H3,(H,25,27). The van der Waals surface area contributed by atoms with Gasteiger partial charge in [-0.2, -0.15) is 0 Å². The van der Waals surface area contributed by atoms with Crippen LogP contribution in [0.15, 0.2) is 64.5 Å². The first-order valence-electron chi connectivity index (χ1n) is 9.38. The summed E-state index contributed by atoms with van der Waals surface area (Å²) in [5.41, 5.74) is 1.41. The van der Waals surface area contributed by atoms with Crippen molar-refractivity contribution < 1.29 is 13.2 Å². The molecule has 6 nitrogen and oxygen atoms in total. The van der Waals surface area contributed by atoms with Crippen LogP contribution in [-0.2, 0) is 16.9 Å². The average molecular weight is 477 g/mol. The van der Waals surface area contributed by atoms with Gasteiger partial charge >= 0.3 is 0 Å². The minimum atomic E-state index is -3.46. The summed E-state index contributed by atoms with van der Waals surface area (Å²) in [4.78, 5) is 15.2. The Kier molecular flexibility index (Phi) is 5.60. The fourth-order valence-corrected chi connectivity index (χ4v) is 4.78. The third-order valence-electron chi connectivity index (χ3n) is 4.99. The van der Waals surface area contributed by atoms with Gasteiger partial charge in [0.1, 0.15) is 17.0 Å². The lowest BCUT2D eigenvalue weighted by Gasteiger charge is -2.14. The number of aryl methyl sites for hydroxylation is 1. The highest BCUT2D eigenvalue weighted by molar-refractivity contribution is 7.91. The number of hydrogen-bond acceptors (Lipinski definition) is 4. The molecule has 9 heteroatoms. The Morgan fingerprint density at radius 2 is 1.77 bits per heavy atom. The number of aromatic amines is 1. The van der Waals surface area contributed by atoms with Gasteiger partial charge in [-0.3, -0.25) is 4.79 Å². The third kappa shape index (κ3) is 3.96. The molecular weight excluding hydrogens is 459 g/mol. The van der Waals surface area contributed by atoms with Crippen molar-refractivity contribution in [2.75, 3.05) is 5.75 Å². The van der Waals surface area contributed by atoms with Crippen molar-refractivity contribution in [3.63, 3.8) is 0 Å². The molecule has 0 spiro atoms. The van der Waals surface area contributed by atoms with Gasteiger partial charge in [-0.1, -0.05) is 30.1 Å². The highest BCUT2D eigenvalue weighted by atomic mass is 35.5. The molecule has 0 bridgehead atoms. The number of aromatic nitrogens is 2. The molecule has 0 aliphatic heterocycles. The lowest BCUT2D eigenvalue weighted by molar-refractivity contribution is 0.484. The maximum absolute atomic E-state index is 12.5. The van der Waals surface area contributed by atoms with Gasteiger partial charge in [0.15, 0.2) is 9.84 Å². The van der Waals surface area contributed by atoms with Crippen molar-refractivity contribution in [1.82, 2.24) is 9.55 Å². The van der Waals surface area contributed by atoms with Crippen LogP contribution in [0.25, 0.3) is 22.0 Å². The third-order valence-corrected chi connectivity index (χ3v) is 7.26. The van der Waals surface area contributed by atoms with Crippen molar-refractivity contribution in [3.05, 3.63) is 75.3 Å². The number of sulfone groups is 1. The topological polar surface area (TPSA) is 81.2 Å². The second-order valence-corrected chi connectivity index (χ2v) is 10.1. The normalized spacial score (nSPS) is 11.7. The second kappa shape index (κ2) is 8.07. The summed E-state index contributed by atoms with van der Waals surface area (Å²) in [5.74, 6) is 0.730. The van der Waals surface area contributed by atoms with E-state index < -0.39 is 9.84 Å². The number of ether oxygens (including phenoxy) is 1. The molecule has 31 heavy (non-hydrogen) atoms. The molecule has 4 aromatic rings. The van der Waals surface area contributed by atoms with Gasteiger partial charge in [-0.25, -0.2) is 8.42 Å². The summed E-state index contributed by atoms with van der Waals surface area (Å²) < 4.78 is 32.8. The summed E-state index contributed by atoms with van der Waals surface area (Å²) in [6.45, 7) is 1.59. The zero-order valence-electron chi connectivity index (χ0n) is 16.6. The molecule has 0 saturated carbocycles. The number of benzene rings is 2. The first-order chi connectivity index (χ1) is 14.7. The number of hydrogen-bond donors (Lipinski definition) is 1. The molecule has 4 rings (SSSR count). The summed E-state index contributed by atoms with van der Waals surface area (Å²) in [6.07, 6.45) is 3.32. The van der Waals surface area contributed by atoms with Crippen molar-refractivity contribution in [2.24, 2.45) is 7.05 Å². The molecular formula is C22H18Cl2N2O4S. The quantitative estimate of drug-likeness (QED) is 0.416. The van der Waals surface area contributed by atoms with E-state index in [1.165, 1.54) is 6.07 Å². The Hall–Kier alpha value is -2.74. The van der Waals surface area contributed by atoms with Crippen LogP contribution in [0, 0.1) is 0 Å². The van der Waals surface area contributed by atoms with E-state index in [-0.39, 0.29) is 16.2 Å². The maximum Gasteiger partial charge on any atom is 0.272 e. The SMILES string of the molecule is CCS(=O)(=O)c1ccc(Oc2ccc(Cl)cc2Cl)c(-c2cn(C)c3c(=O)[nH]ccc23)c1. The Morgan fingerprint density at radius 1 is 1.03 bits per heavy atom. The molecule has 0 aliphatic carbocycles. The minimum Gasteiger partial charge on any atom is -0.455 e. The fourth-order valence-electron chi connectivity index (χ4n) is 3.43. The van der Waals surface area contributed by atoms with E-state index >= 15 is 0 Å². The molecule has 2 aromatic carbocycles. The van der Waals surface area contributed by atoms with E-state index in [9.17, 15) is 13.2 Å². The van der Waals surface area contributed by atoms with Crippen molar-refractivity contribution in [3.8, 4) is 22.6 Å². The minimum absolute atomic E-state index is 0.0368. The van der Waals surface area contributed by atoms with Crippen LogP contribution in [0.2, 0.25) is 10.0 Å². The molecule has 2 aromatic heterocycles. The Balaban J connectivity index is 1.98. The number of nitrogens with zero attached hydrogens (tertiary/aromatic N) is 1. The lowest BCUT2D eigenvalue weighted by Crippen LogP contribution is -2.07. The molecule has 0 unspecified atom stereocenters. The molecule has 0 atom stereocenters. The monoisotopic (exact) mass is 476 g/mol. The Morgan fingerprint density at radius 3 is 2.48 bits per heavy atom. The van der Waals surface area contributed by atoms with E-state index in [2.05, 4.69) is 4.98 Å². The van der Waals surface area contributed by atoms with Crippen LogP contribution in [-0.4, -0.2) is 23.7 Å². The van der Waals surface area contributed by atoms with Gasteiger partial charge in [0.2, 0.25) is 0 Å². The molecule has 0 aliphatic rings. The van der Waals surface area contributed by atoms with Crippen LogP contribution in [0.5, 0.6) is 11.5 Å². The van der Waals surface area contributed by atoms with E-state index in [0.29, 0.717) is 43.6 Å². The smallest absolute Gasteiger partial charge is 0.272 e. The summed E-state index contributed by atoms with van der Waals surface area (Å²) >= 11 is 12.2. The number of H-pyrrole nitrogens is 1. The molecule has 2 heterocycles. The van der Waals surface area contributed by atoms with Crippen LogP contribution >= 0.6 is 23.2 Å². The number of halogens is 2. The zero-order chi connectivity index (χ0) is 22.3. The summed E-state index contributed by atoms with van der Waals surface area (Å²) in [7, 11) is -1.71. The van der Waals surface area contributed by atoms with Gasteiger partial charge in [-0.15, -0.1) is 0 Å². The van der Waals surface area contributed by atoms with Crippen LogP contribution in [0.1, 0.15) is 6.92 Å². The lowest BCUT2D eigenvalue weighted by atomic mass is 10.0. The van der Waals surface area contributed by atoms with Gasteiger partial charge < -0.3 is 14.3 Å². The van der Waals surface area contributed by atoms with Crippen molar-refractivity contribution >= 4 is 43.9 Å². The average Bonchev–Trinajstić information content (AvgIpc) is 3.08. The number of nitrogens with one attached hydrogen (secondary N) is 1. The first kappa shape index (κ1) is 21.5. The second-order valence-electron chi connectivity index (χ2n) is 6.96. The van der Waals surface area contributed by atoms with Gasteiger partial charge in [-0.05, 0) is 42.5 Å². The van der Waals surface area contributed by atoms with Crippen LogP contribution < -0.4 is 10.3 Å². The van der Waals surface area contributed by atoms with Gasteiger partial charge in [0.05, 0.1) is 15.7 Å². The van der Waals surface area contributed by atoms with E-state index in [0.717, 1.165) is 0 Å². The van der Waals surface area contributed by atoms with Crippen LogP contribution in [0.3, 0.4) is 0 Å². The van der Waals surface area contributed by atoms with Crippen molar-refractivity contribution in [1.29, 1.82) is 0 Å². The Labute approximate surface area is 188 Å². The highest BCUT2D eigenvalue weighted by Gasteiger charge is 2.20. The van der Waals surface area contributed by atoms with Gasteiger partial charge in [0, 0.05) is 41.0 Å². The highest BCUT2D eigenvalue weighted by Crippen LogP contribution is 2.40. The number of fused-ring (bicyclic) bond motifs is 1. The number of rotatable bonds is 5. The fraction of sp³-hybridized carbons (Fsp3) is 0.136. The van der Waals surface area contributed by atoms with Gasteiger partial charge in [0.25, 0.3) is 5.56 Å². The molecule has 0 saturated heterocycles. The van der Waals surface area contributed by atoms with E-state index in [1.54, 1.807) is 67.3 Å². The first-order valence-corrected chi connectivity index (χ1v) is 11.8. The predicted molar refractivity (Wildman–Crippen MR) is 123 cm³/mol. The van der Waals surface area contributed by atoms with Crippen LogP contribution in [0.4, 0.5) is 0 Å². The number of pyridine rings is 1. The largest absolute Gasteiger partial charge is 0.455 e. The Bertz CT molecular complexity index is 1470. The molecule has 0 fully saturated rings. The maximum atomic E-state index is 12.5. The molecule has 0 amide bonds.